The minimum atomic E-state index is -0.430. The molecule has 6 heteroatoms. The number of imidazole rings is 1. The van der Waals surface area contributed by atoms with Gasteiger partial charge in [-0.25, -0.2) is 4.98 Å². The molecule has 2 N–H and O–H groups in total. The fourth-order valence-corrected chi connectivity index (χ4v) is 2.16. The molecule has 2 rings (SSSR count). The summed E-state index contributed by atoms with van der Waals surface area (Å²) >= 11 is 5.87. The number of amides is 1. The van der Waals surface area contributed by atoms with E-state index in [9.17, 15) is 4.79 Å². The van der Waals surface area contributed by atoms with E-state index in [0.717, 1.165) is 5.52 Å². The molecule has 0 atom stereocenters. The molecule has 2 aromatic rings. The summed E-state index contributed by atoms with van der Waals surface area (Å²) in [6, 6.07) is 5.58. The van der Waals surface area contributed by atoms with E-state index in [4.69, 9.17) is 22.1 Å². The van der Waals surface area contributed by atoms with Gasteiger partial charge in [0.05, 0.1) is 17.5 Å². The van der Waals surface area contributed by atoms with Gasteiger partial charge < -0.3 is 15.0 Å². The topological polar surface area (TPSA) is 70.1 Å². The second-order valence-corrected chi connectivity index (χ2v) is 4.77. The number of primary amides is 1. The number of nitrogens with two attached hydrogens (primary N) is 1. The van der Waals surface area contributed by atoms with E-state index >= 15 is 0 Å². The Kier molecular flexibility index (Phi) is 3.95. The SMILES string of the molecule is CC(C)Oc1cccc2c1nc(CCl)n2CC(N)=O. The maximum Gasteiger partial charge on any atom is 0.237 e. The average molecular weight is 282 g/mol. The number of carbonyl (C=O) groups is 1. The number of aromatic nitrogens is 2. The third-order valence-electron chi connectivity index (χ3n) is 2.62. The Hall–Kier alpha value is -1.75. The van der Waals surface area contributed by atoms with Crippen LogP contribution >= 0.6 is 11.6 Å². The normalized spacial score (nSPS) is 11.2. The number of hydrogen-bond acceptors (Lipinski definition) is 3. The lowest BCUT2D eigenvalue weighted by molar-refractivity contribution is -0.118. The Labute approximate surface area is 116 Å². The first-order valence-electron chi connectivity index (χ1n) is 6.02. The first-order chi connectivity index (χ1) is 9.02. The molecule has 0 saturated carbocycles. The number of nitrogens with zero attached hydrogens (tertiary/aromatic N) is 2. The van der Waals surface area contributed by atoms with Crippen molar-refractivity contribution in [3.05, 3.63) is 24.0 Å². The van der Waals surface area contributed by atoms with Crippen LogP contribution in [-0.2, 0) is 17.2 Å². The van der Waals surface area contributed by atoms with Gasteiger partial charge in [0.2, 0.25) is 5.91 Å². The molecular weight excluding hydrogens is 266 g/mol. The molecule has 0 bridgehead atoms. The molecule has 1 aromatic carbocycles. The fourth-order valence-electron chi connectivity index (χ4n) is 1.95. The van der Waals surface area contributed by atoms with Gasteiger partial charge >= 0.3 is 0 Å². The molecule has 0 aliphatic rings. The van der Waals surface area contributed by atoms with E-state index in [1.54, 1.807) is 4.57 Å². The molecule has 0 fully saturated rings. The van der Waals surface area contributed by atoms with E-state index in [1.165, 1.54) is 0 Å². The van der Waals surface area contributed by atoms with Crippen LogP contribution in [0.2, 0.25) is 0 Å². The van der Waals surface area contributed by atoms with Crippen LogP contribution in [0.3, 0.4) is 0 Å². The van der Waals surface area contributed by atoms with Crippen LogP contribution in [0, 0.1) is 0 Å². The molecule has 102 valence electrons. The highest BCUT2D eigenvalue weighted by molar-refractivity contribution is 6.17. The highest BCUT2D eigenvalue weighted by Crippen LogP contribution is 2.27. The Morgan fingerprint density at radius 2 is 2.26 bits per heavy atom. The van der Waals surface area contributed by atoms with Crippen molar-refractivity contribution >= 4 is 28.5 Å². The quantitative estimate of drug-likeness (QED) is 0.853. The number of benzene rings is 1. The number of ether oxygens (including phenoxy) is 1. The highest BCUT2D eigenvalue weighted by atomic mass is 35.5. The van der Waals surface area contributed by atoms with Crippen molar-refractivity contribution < 1.29 is 9.53 Å². The molecule has 1 amide bonds. The second kappa shape index (κ2) is 5.48. The van der Waals surface area contributed by atoms with Crippen molar-refractivity contribution in [2.24, 2.45) is 5.73 Å². The molecule has 0 saturated heterocycles. The van der Waals surface area contributed by atoms with Gasteiger partial charge in [0, 0.05) is 0 Å². The zero-order valence-corrected chi connectivity index (χ0v) is 11.6. The van der Waals surface area contributed by atoms with Gasteiger partial charge in [-0.1, -0.05) is 6.07 Å². The first kappa shape index (κ1) is 13.7. The van der Waals surface area contributed by atoms with Crippen LogP contribution in [0.4, 0.5) is 0 Å². The summed E-state index contributed by atoms with van der Waals surface area (Å²) < 4.78 is 7.43. The van der Waals surface area contributed by atoms with Crippen molar-refractivity contribution in [1.82, 2.24) is 9.55 Å². The first-order valence-corrected chi connectivity index (χ1v) is 6.55. The van der Waals surface area contributed by atoms with Gasteiger partial charge in [-0.3, -0.25) is 4.79 Å². The summed E-state index contributed by atoms with van der Waals surface area (Å²) in [5.41, 5.74) is 6.76. The zero-order chi connectivity index (χ0) is 14.0. The number of rotatable bonds is 5. The van der Waals surface area contributed by atoms with Crippen LogP contribution in [0.5, 0.6) is 5.75 Å². The van der Waals surface area contributed by atoms with Gasteiger partial charge in [0.1, 0.15) is 23.6 Å². The predicted octanol–water partition coefficient (Wildman–Crippen LogP) is 2.05. The molecule has 19 heavy (non-hydrogen) atoms. The van der Waals surface area contributed by atoms with E-state index in [-0.39, 0.29) is 18.5 Å². The summed E-state index contributed by atoms with van der Waals surface area (Å²) in [6.07, 6.45) is 0.0475. The van der Waals surface area contributed by atoms with Crippen molar-refractivity contribution in [1.29, 1.82) is 0 Å². The van der Waals surface area contributed by atoms with E-state index in [2.05, 4.69) is 4.98 Å². The average Bonchev–Trinajstić information content (AvgIpc) is 2.67. The second-order valence-electron chi connectivity index (χ2n) is 4.50. The summed E-state index contributed by atoms with van der Waals surface area (Å²) in [5, 5.41) is 0. The Balaban J connectivity index is 2.58. The lowest BCUT2D eigenvalue weighted by Crippen LogP contribution is -2.19. The largest absolute Gasteiger partial charge is 0.489 e. The van der Waals surface area contributed by atoms with Gasteiger partial charge in [-0.05, 0) is 26.0 Å². The van der Waals surface area contributed by atoms with Crippen LogP contribution in [0.15, 0.2) is 18.2 Å². The molecule has 0 spiro atoms. The van der Waals surface area contributed by atoms with Crippen LogP contribution < -0.4 is 10.5 Å². The van der Waals surface area contributed by atoms with Crippen molar-refractivity contribution in [3.8, 4) is 5.75 Å². The van der Waals surface area contributed by atoms with Gasteiger partial charge in [0.15, 0.2) is 0 Å². The van der Waals surface area contributed by atoms with Gasteiger partial charge in [0.25, 0.3) is 0 Å². The molecule has 0 aliphatic carbocycles. The van der Waals surface area contributed by atoms with Gasteiger partial charge in [-0.2, -0.15) is 0 Å². The molecular formula is C13H16ClN3O2. The Bertz CT molecular complexity index is 607. The van der Waals surface area contributed by atoms with E-state index < -0.39 is 5.91 Å². The summed E-state index contributed by atoms with van der Waals surface area (Å²) in [5.74, 6) is 1.07. The molecule has 5 nitrogen and oxygen atoms in total. The van der Waals surface area contributed by atoms with Crippen molar-refractivity contribution in [2.45, 2.75) is 32.4 Å². The van der Waals surface area contributed by atoms with Crippen molar-refractivity contribution in [3.63, 3.8) is 0 Å². The lowest BCUT2D eigenvalue weighted by atomic mass is 10.3. The standard InChI is InChI=1S/C13H16ClN3O2/c1-8(2)19-10-5-3-4-9-13(10)16-12(6-14)17(9)7-11(15)18/h3-5,8H,6-7H2,1-2H3,(H2,15,18). The number of hydrogen-bond donors (Lipinski definition) is 1. The maximum absolute atomic E-state index is 11.1. The van der Waals surface area contributed by atoms with E-state index in [0.29, 0.717) is 17.1 Å². The third-order valence-corrected chi connectivity index (χ3v) is 2.86. The number of carbonyl (C=O) groups excluding carboxylic acids is 1. The monoisotopic (exact) mass is 281 g/mol. The van der Waals surface area contributed by atoms with Crippen LogP contribution in [0.1, 0.15) is 19.7 Å². The predicted molar refractivity (Wildman–Crippen MR) is 74.2 cm³/mol. The number of fused-ring (bicyclic) bond motifs is 1. The Morgan fingerprint density at radius 3 is 2.84 bits per heavy atom. The molecule has 0 aliphatic heterocycles. The molecule has 1 aromatic heterocycles. The molecule has 1 heterocycles. The Morgan fingerprint density at radius 1 is 1.53 bits per heavy atom. The minimum Gasteiger partial charge on any atom is -0.489 e. The zero-order valence-electron chi connectivity index (χ0n) is 10.9. The smallest absolute Gasteiger partial charge is 0.237 e. The molecule has 0 radical (unpaired) electrons. The highest BCUT2D eigenvalue weighted by Gasteiger charge is 2.15. The van der Waals surface area contributed by atoms with Crippen LogP contribution in [-0.4, -0.2) is 21.6 Å². The van der Waals surface area contributed by atoms with E-state index in [1.807, 2.05) is 32.0 Å². The maximum atomic E-state index is 11.1. The number of para-hydroxylation sites is 1. The third kappa shape index (κ3) is 2.81. The fraction of sp³-hybridized carbons (Fsp3) is 0.385. The summed E-state index contributed by atoms with van der Waals surface area (Å²) in [6.45, 7) is 3.95. The minimum absolute atomic E-state index is 0.0475. The summed E-state index contributed by atoms with van der Waals surface area (Å²) in [4.78, 5) is 15.6. The van der Waals surface area contributed by atoms with Crippen LogP contribution in [0.25, 0.3) is 11.0 Å². The molecule has 0 unspecified atom stereocenters. The van der Waals surface area contributed by atoms with Crippen molar-refractivity contribution in [2.75, 3.05) is 0 Å². The number of halogens is 1. The lowest BCUT2D eigenvalue weighted by Gasteiger charge is -2.10. The van der Waals surface area contributed by atoms with Gasteiger partial charge in [-0.15, -0.1) is 11.6 Å². The number of alkyl halides is 1. The summed E-state index contributed by atoms with van der Waals surface area (Å²) in [7, 11) is 0.